The maximum atomic E-state index is 11.1. The summed E-state index contributed by atoms with van der Waals surface area (Å²) in [6.45, 7) is 2.37. The molecular weight excluding hydrogens is 352 g/mol. The zero-order chi connectivity index (χ0) is 20.1. The number of amides is 1. The van der Waals surface area contributed by atoms with E-state index in [-0.39, 0.29) is 24.6 Å². The zero-order valence-electron chi connectivity index (χ0n) is 15.2. The van der Waals surface area contributed by atoms with Crippen molar-refractivity contribution in [2.75, 3.05) is 30.4 Å². The van der Waals surface area contributed by atoms with Gasteiger partial charge in [-0.1, -0.05) is 18.2 Å². The maximum Gasteiger partial charge on any atom is 0.307 e. The van der Waals surface area contributed by atoms with Crippen molar-refractivity contribution >= 4 is 29.6 Å². The molecule has 0 radical (unpaired) electrons. The largest absolute Gasteiger partial charge is 0.466 e. The van der Waals surface area contributed by atoms with Crippen molar-refractivity contribution in [3.8, 4) is 0 Å². The second kappa shape index (κ2) is 12.0. The molecule has 1 aromatic carbocycles. The van der Waals surface area contributed by atoms with Crippen molar-refractivity contribution in [3.05, 3.63) is 58.8 Å². The van der Waals surface area contributed by atoms with E-state index >= 15 is 0 Å². The number of pyridine rings is 1. The average molecular weight is 374 g/mol. The molecule has 144 valence electrons. The first-order valence-corrected chi connectivity index (χ1v) is 8.23. The number of carbonyl (C=O) groups is 2. The van der Waals surface area contributed by atoms with E-state index in [1.807, 2.05) is 0 Å². The predicted octanol–water partition coefficient (Wildman–Crippen LogP) is 2.63. The molecule has 2 rings (SSSR count). The van der Waals surface area contributed by atoms with Crippen molar-refractivity contribution < 1.29 is 19.2 Å². The van der Waals surface area contributed by atoms with Crippen molar-refractivity contribution in [1.29, 1.82) is 0 Å². The highest BCUT2D eigenvalue weighted by atomic mass is 16.6. The Balaban J connectivity index is 0.000000289. The van der Waals surface area contributed by atoms with Gasteiger partial charge in [0.25, 0.3) is 5.69 Å². The Bertz CT molecular complexity index is 740. The molecule has 1 amide bonds. The summed E-state index contributed by atoms with van der Waals surface area (Å²) < 4.78 is 4.77. The summed E-state index contributed by atoms with van der Waals surface area (Å²) in [5, 5.41) is 13.1. The van der Waals surface area contributed by atoms with Crippen LogP contribution in [0, 0.1) is 10.1 Å². The molecule has 27 heavy (non-hydrogen) atoms. The lowest BCUT2D eigenvalue weighted by atomic mass is 10.3. The average Bonchev–Trinajstić information content (AvgIpc) is 2.70. The van der Waals surface area contributed by atoms with Gasteiger partial charge in [-0.25, -0.2) is 4.98 Å². The van der Waals surface area contributed by atoms with E-state index in [4.69, 9.17) is 4.74 Å². The summed E-state index contributed by atoms with van der Waals surface area (Å²) in [5.41, 5.74) is 0.646. The number of anilines is 2. The van der Waals surface area contributed by atoms with E-state index in [1.54, 1.807) is 56.6 Å². The van der Waals surface area contributed by atoms with Crippen LogP contribution in [0.2, 0.25) is 0 Å². The van der Waals surface area contributed by atoms with Gasteiger partial charge in [-0.05, 0) is 25.1 Å². The Morgan fingerprint density at radius 3 is 2.52 bits per heavy atom. The van der Waals surface area contributed by atoms with E-state index in [1.165, 1.54) is 11.0 Å². The van der Waals surface area contributed by atoms with Crippen LogP contribution in [0.15, 0.2) is 48.7 Å². The first-order valence-electron chi connectivity index (χ1n) is 8.23. The van der Waals surface area contributed by atoms with E-state index in [0.29, 0.717) is 24.5 Å². The number of nitro groups is 1. The Kier molecular flexibility index (Phi) is 9.55. The summed E-state index contributed by atoms with van der Waals surface area (Å²) in [4.78, 5) is 37.2. The van der Waals surface area contributed by atoms with Gasteiger partial charge in [0.1, 0.15) is 11.5 Å². The first-order chi connectivity index (χ1) is 13.0. The number of rotatable bonds is 8. The van der Waals surface area contributed by atoms with Crippen LogP contribution < -0.4 is 10.2 Å². The van der Waals surface area contributed by atoms with Crippen molar-refractivity contribution in [1.82, 2.24) is 4.98 Å². The number of esters is 1. The highest BCUT2D eigenvalue weighted by molar-refractivity contribution is 5.76. The van der Waals surface area contributed by atoms with Gasteiger partial charge in [0.15, 0.2) is 0 Å². The molecule has 0 aliphatic heterocycles. The molecule has 1 heterocycles. The molecule has 9 heteroatoms. The summed E-state index contributed by atoms with van der Waals surface area (Å²) >= 11 is 0. The molecule has 1 aromatic heterocycles. The molecular formula is C18H22N4O5. The summed E-state index contributed by atoms with van der Waals surface area (Å²) in [6, 6.07) is 11.8. The van der Waals surface area contributed by atoms with E-state index in [2.05, 4.69) is 10.3 Å². The van der Waals surface area contributed by atoms with E-state index in [0.717, 1.165) is 0 Å². The number of nitro benzene ring substituents is 1. The number of hydrogen-bond donors (Lipinski definition) is 1. The van der Waals surface area contributed by atoms with Crippen LogP contribution in [0.1, 0.15) is 13.3 Å². The number of benzene rings is 1. The van der Waals surface area contributed by atoms with E-state index < -0.39 is 4.92 Å². The number of aromatic nitrogens is 1. The SMILES string of the molecule is CCOC(=O)CCN(C=O)c1ccccn1.CNc1ccccc1[N+](=O)[O-]. The lowest BCUT2D eigenvalue weighted by Gasteiger charge is -2.15. The Labute approximate surface area is 157 Å². The molecule has 0 aliphatic carbocycles. The Hall–Kier alpha value is -3.49. The van der Waals surface area contributed by atoms with Gasteiger partial charge < -0.3 is 10.1 Å². The van der Waals surface area contributed by atoms with Crippen LogP contribution in [0.5, 0.6) is 0 Å². The number of carbonyl (C=O) groups excluding carboxylic acids is 2. The second-order valence-corrected chi connectivity index (χ2v) is 5.07. The molecule has 0 aliphatic rings. The van der Waals surface area contributed by atoms with Crippen LogP contribution >= 0.6 is 0 Å². The van der Waals surface area contributed by atoms with Crippen molar-refractivity contribution in [2.24, 2.45) is 0 Å². The van der Waals surface area contributed by atoms with Crippen LogP contribution in [-0.4, -0.2) is 42.5 Å². The monoisotopic (exact) mass is 374 g/mol. The number of ether oxygens (including phenoxy) is 1. The third-order valence-corrected chi connectivity index (χ3v) is 3.30. The fraction of sp³-hybridized carbons (Fsp3) is 0.278. The lowest BCUT2D eigenvalue weighted by molar-refractivity contribution is -0.383. The number of nitrogens with one attached hydrogen (secondary N) is 1. The fourth-order valence-corrected chi connectivity index (χ4v) is 2.03. The zero-order valence-corrected chi connectivity index (χ0v) is 15.2. The molecule has 0 unspecified atom stereocenters. The highest BCUT2D eigenvalue weighted by Crippen LogP contribution is 2.21. The van der Waals surface area contributed by atoms with Gasteiger partial charge >= 0.3 is 5.97 Å². The third-order valence-electron chi connectivity index (χ3n) is 3.30. The summed E-state index contributed by atoms with van der Waals surface area (Å²) in [7, 11) is 1.66. The van der Waals surface area contributed by atoms with Crippen LogP contribution in [0.4, 0.5) is 17.2 Å². The molecule has 0 saturated carbocycles. The molecule has 0 saturated heterocycles. The number of hydrogen-bond acceptors (Lipinski definition) is 7. The lowest BCUT2D eigenvalue weighted by Crippen LogP contribution is -2.25. The van der Waals surface area contributed by atoms with E-state index in [9.17, 15) is 19.7 Å². The van der Waals surface area contributed by atoms with Gasteiger partial charge in [0, 0.05) is 25.9 Å². The third kappa shape index (κ3) is 7.51. The maximum absolute atomic E-state index is 11.1. The number of nitrogens with zero attached hydrogens (tertiary/aromatic N) is 3. The van der Waals surface area contributed by atoms with Crippen LogP contribution in [0.25, 0.3) is 0 Å². The quantitative estimate of drug-likeness (QED) is 0.327. The standard InChI is InChI=1S/C11H14N2O3.C7H8N2O2/c1-2-16-11(15)6-8-13(9-14)10-5-3-4-7-12-10;1-8-6-4-2-3-5-7(6)9(10)11/h3-5,7,9H,2,6,8H2,1H3;2-5,8H,1H3. The van der Waals surface area contributed by atoms with Crippen molar-refractivity contribution in [3.63, 3.8) is 0 Å². The van der Waals surface area contributed by atoms with Gasteiger partial charge in [-0.15, -0.1) is 0 Å². The Morgan fingerprint density at radius 2 is 2.00 bits per heavy atom. The van der Waals surface area contributed by atoms with Gasteiger partial charge in [0.2, 0.25) is 6.41 Å². The molecule has 0 bridgehead atoms. The second-order valence-electron chi connectivity index (χ2n) is 5.07. The molecule has 1 N–H and O–H groups in total. The smallest absolute Gasteiger partial charge is 0.307 e. The fourth-order valence-electron chi connectivity index (χ4n) is 2.03. The predicted molar refractivity (Wildman–Crippen MR) is 102 cm³/mol. The minimum atomic E-state index is -0.411. The first kappa shape index (κ1) is 21.6. The normalized spacial score (nSPS) is 9.41. The van der Waals surface area contributed by atoms with Crippen molar-refractivity contribution in [2.45, 2.75) is 13.3 Å². The molecule has 0 atom stereocenters. The molecule has 0 spiro atoms. The molecule has 2 aromatic rings. The summed E-state index contributed by atoms with van der Waals surface area (Å²) in [6.07, 6.45) is 2.42. The Morgan fingerprint density at radius 1 is 1.30 bits per heavy atom. The highest BCUT2D eigenvalue weighted by Gasteiger charge is 2.10. The number of para-hydroxylation sites is 2. The summed E-state index contributed by atoms with van der Waals surface area (Å²) in [5.74, 6) is 0.215. The topological polar surface area (TPSA) is 115 Å². The van der Waals surface area contributed by atoms with Gasteiger partial charge in [-0.3, -0.25) is 24.6 Å². The van der Waals surface area contributed by atoms with Crippen LogP contribution in [-0.2, 0) is 14.3 Å². The van der Waals surface area contributed by atoms with Gasteiger partial charge in [-0.2, -0.15) is 0 Å². The minimum absolute atomic E-state index is 0.106. The van der Waals surface area contributed by atoms with Crippen LogP contribution in [0.3, 0.4) is 0 Å². The minimum Gasteiger partial charge on any atom is -0.466 e. The molecule has 9 nitrogen and oxygen atoms in total. The molecule has 0 fully saturated rings. The van der Waals surface area contributed by atoms with Gasteiger partial charge in [0.05, 0.1) is 18.0 Å².